The summed E-state index contributed by atoms with van der Waals surface area (Å²) in [6.07, 6.45) is 2.34. The van der Waals surface area contributed by atoms with Gasteiger partial charge in [0.25, 0.3) is 5.91 Å². The van der Waals surface area contributed by atoms with Crippen molar-refractivity contribution in [2.45, 2.75) is 44.6 Å². The summed E-state index contributed by atoms with van der Waals surface area (Å²) in [7, 11) is 0. The fourth-order valence-corrected chi connectivity index (χ4v) is 2.34. The van der Waals surface area contributed by atoms with Crippen LogP contribution in [0.3, 0.4) is 0 Å². The molecule has 2 heterocycles. The number of imide groups is 1. The number of carbonyl (C=O) groups is 4. The molecule has 136 valence electrons. The first kappa shape index (κ1) is 19.1. The number of rotatable bonds is 6. The summed E-state index contributed by atoms with van der Waals surface area (Å²) in [5.74, 6) is 3.53. The van der Waals surface area contributed by atoms with Crippen molar-refractivity contribution in [2.75, 3.05) is 0 Å². The summed E-state index contributed by atoms with van der Waals surface area (Å²) in [6, 6.07) is 4.05. The maximum absolute atomic E-state index is 12.2. The van der Waals surface area contributed by atoms with Crippen molar-refractivity contribution in [3.63, 3.8) is 0 Å². The van der Waals surface area contributed by atoms with E-state index in [0.29, 0.717) is 25.0 Å². The molecule has 1 atom stereocenters. The highest BCUT2D eigenvalue weighted by atomic mass is 16.4. The van der Waals surface area contributed by atoms with Crippen molar-refractivity contribution >= 4 is 23.7 Å². The fourth-order valence-electron chi connectivity index (χ4n) is 2.34. The smallest absolute Gasteiger partial charge is 0.303 e. The van der Waals surface area contributed by atoms with Gasteiger partial charge in [-0.05, 0) is 37.3 Å². The molecule has 8 heteroatoms. The second kappa shape index (κ2) is 9.32. The highest BCUT2D eigenvalue weighted by Gasteiger charge is 2.28. The van der Waals surface area contributed by atoms with Crippen molar-refractivity contribution in [2.24, 2.45) is 0 Å². The van der Waals surface area contributed by atoms with Gasteiger partial charge in [-0.1, -0.05) is 12.0 Å². The molecule has 1 aromatic rings. The van der Waals surface area contributed by atoms with Gasteiger partial charge in [-0.2, -0.15) is 0 Å². The van der Waals surface area contributed by atoms with Crippen LogP contribution in [0.25, 0.3) is 0 Å². The molecule has 1 aliphatic rings. The van der Waals surface area contributed by atoms with Crippen LogP contribution < -0.4 is 10.6 Å². The van der Waals surface area contributed by atoms with Gasteiger partial charge in [-0.25, -0.2) is 4.98 Å². The second-order valence-electron chi connectivity index (χ2n) is 5.79. The first-order valence-corrected chi connectivity index (χ1v) is 8.28. The quantitative estimate of drug-likeness (QED) is 0.389. The van der Waals surface area contributed by atoms with Crippen LogP contribution in [0.4, 0.5) is 0 Å². The Balaban J connectivity index is 1.89. The highest BCUT2D eigenvalue weighted by Crippen LogP contribution is 2.06. The van der Waals surface area contributed by atoms with Gasteiger partial charge in [0.15, 0.2) is 0 Å². The molecule has 0 spiro atoms. The van der Waals surface area contributed by atoms with E-state index >= 15 is 0 Å². The third-order valence-electron chi connectivity index (χ3n) is 3.69. The molecule has 0 aromatic carbocycles. The van der Waals surface area contributed by atoms with Crippen molar-refractivity contribution in [3.8, 4) is 11.8 Å². The minimum Gasteiger partial charge on any atom is -0.481 e. The van der Waals surface area contributed by atoms with E-state index in [1.54, 1.807) is 12.1 Å². The number of aromatic nitrogens is 1. The molecule has 0 aliphatic carbocycles. The molecule has 0 radical (unpaired) electrons. The number of carboxylic acid groups (broad SMARTS) is 1. The summed E-state index contributed by atoms with van der Waals surface area (Å²) >= 11 is 0. The molecule has 0 saturated carbocycles. The number of pyridine rings is 1. The van der Waals surface area contributed by atoms with Crippen LogP contribution in [0, 0.1) is 11.8 Å². The Morgan fingerprint density at radius 2 is 2.12 bits per heavy atom. The summed E-state index contributed by atoms with van der Waals surface area (Å²) in [4.78, 5) is 49.6. The van der Waals surface area contributed by atoms with Crippen LogP contribution in [0.1, 0.15) is 54.7 Å². The average molecular weight is 357 g/mol. The van der Waals surface area contributed by atoms with Crippen LogP contribution >= 0.6 is 0 Å². The molecule has 2 rings (SSSR count). The molecule has 3 amide bonds. The first-order chi connectivity index (χ1) is 12.5. The number of aliphatic carboxylic acids is 1. The molecule has 1 aliphatic heterocycles. The largest absolute Gasteiger partial charge is 0.481 e. The first-order valence-electron chi connectivity index (χ1n) is 8.28. The van der Waals surface area contributed by atoms with Crippen LogP contribution in [0.15, 0.2) is 18.2 Å². The van der Waals surface area contributed by atoms with E-state index in [4.69, 9.17) is 5.11 Å². The Kier molecular flexibility index (Phi) is 6.85. The summed E-state index contributed by atoms with van der Waals surface area (Å²) in [6.45, 7) is 0. The van der Waals surface area contributed by atoms with E-state index in [-0.39, 0.29) is 30.9 Å². The van der Waals surface area contributed by atoms with E-state index in [2.05, 4.69) is 27.5 Å². The Bertz CT molecular complexity index is 779. The maximum Gasteiger partial charge on any atom is 0.303 e. The third-order valence-corrected chi connectivity index (χ3v) is 3.69. The van der Waals surface area contributed by atoms with Crippen molar-refractivity contribution in [3.05, 3.63) is 29.6 Å². The predicted molar refractivity (Wildman–Crippen MR) is 90.9 cm³/mol. The van der Waals surface area contributed by atoms with Gasteiger partial charge in [-0.3, -0.25) is 24.5 Å². The Morgan fingerprint density at radius 1 is 1.31 bits per heavy atom. The number of nitrogens with zero attached hydrogens (tertiary/aromatic N) is 1. The average Bonchev–Trinajstić information content (AvgIpc) is 2.60. The zero-order valence-corrected chi connectivity index (χ0v) is 14.1. The Hall–Kier alpha value is -3.21. The maximum atomic E-state index is 12.2. The second-order valence-corrected chi connectivity index (χ2v) is 5.79. The third kappa shape index (κ3) is 6.02. The van der Waals surface area contributed by atoms with E-state index in [1.807, 2.05) is 0 Å². The number of nitrogens with one attached hydrogen (secondary N) is 2. The molecular weight excluding hydrogens is 338 g/mol. The summed E-state index contributed by atoms with van der Waals surface area (Å²) < 4.78 is 0. The number of amides is 3. The lowest BCUT2D eigenvalue weighted by Crippen LogP contribution is -2.52. The van der Waals surface area contributed by atoms with Crippen LogP contribution in [0.5, 0.6) is 0 Å². The highest BCUT2D eigenvalue weighted by molar-refractivity contribution is 6.03. The molecule has 1 fully saturated rings. The predicted octanol–water partition coefficient (Wildman–Crippen LogP) is 0.613. The molecule has 8 nitrogen and oxygen atoms in total. The molecular formula is C18H19N3O5. The van der Waals surface area contributed by atoms with Gasteiger partial charge >= 0.3 is 5.97 Å². The molecule has 1 saturated heterocycles. The zero-order chi connectivity index (χ0) is 18.9. The van der Waals surface area contributed by atoms with Crippen molar-refractivity contribution in [1.29, 1.82) is 0 Å². The van der Waals surface area contributed by atoms with Crippen LogP contribution in [0.2, 0.25) is 0 Å². The van der Waals surface area contributed by atoms with Crippen LogP contribution in [-0.2, 0) is 14.4 Å². The van der Waals surface area contributed by atoms with Gasteiger partial charge in [0, 0.05) is 19.3 Å². The lowest BCUT2D eigenvalue weighted by molar-refractivity contribution is -0.137. The molecule has 1 aromatic heterocycles. The number of unbranched alkanes of at least 4 members (excludes halogenated alkanes) is 2. The minimum atomic E-state index is -0.825. The fraction of sp³-hybridized carbons (Fsp3) is 0.389. The van der Waals surface area contributed by atoms with E-state index < -0.39 is 23.8 Å². The van der Waals surface area contributed by atoms with Crippen molar-refractivity contribution < 1.29 is 24.3 Å². The van der Waals surface area contributed by atoms with E-state index in [0.717, 1.165) is 0 Å². The SMILES string of the molecule is O=C(O)CCCCC#Cc1cccc(C(=O)NC2CCC(=O)NC2=O)n1. The van der Waals surface area contributed by atoms with Crippen molar-refractivity contribution in [1.82, 2.24) is 15.6 Å². The number of carboxylic acids is 1. The normalized spacial score (nSPS) is 16.2. The standard InChI is InChI=1S/C18H19N3O5/c22-15-11-10-14(18(26)21-15)20-17(25)13-8-5-7-12(19-13)6-3-1-2-4-9-16(23)24/h5,7-8,14H,1-2,4,9-11H2,(H,20,25)(H,23,24)(H,21,22,26). The van der Waals surface area contributed by atoms with Gasteiger partial charge in [-0.15, -0.1) is 0 Å². The molecule has 0 bridgehead atoms. The summed E-state index contributed by atoms with van der Waals surface area (Å²) in [5, 5.41) is 13.3. The van der Waals surface area contributed by atoms with Gasteiger partial charge < -0.3 is 10.4 Å². The minimum absolute atomic E-state index is 0.121. The summed E-state index contributed by atoms with van der Waals surface area (Å²) in [5.41, 5.74) is 0.548. The van der Waals surface area contributed by atoms with E-state index in [9.17, 15) is 19.2 Å². The van der Waals surface area contributed by atoms with Gasteiger partial charge in [0.05, 0.1) is 0 Å². The number of hydrogen-bond donors (Lipinski definition) is 3. The van der Waals surface area contributed by atoms with E-state index in [1.165, 1.54) is 6.07 Å². The lowest BCUT2D eigenvalue weighted by Gasteiger charge is -2.21. The number of piperidine rings is 1. The number of hydrogen-bond acceptors (Lipinski definition) is 5. The number of carbonyl (C=O) groups excluding carboxylic acids is 3. The Labute approximate surface area is 150 Å². The van der Waals surface area contributed by atoms with Gasteiger partial charge in [0.1, 0.15) is 17.4 Å². The Morgan fingerprint density at radius 3 is 2.85 bits per heavy atom. The zero-order valence-electron chi connectivity index (χ0n) is 14.1. The molecule has 1 unspecified atom stereocenters. The molecule has 26 heavy (non-hydrogen) atoms. The van der Waals surface area contributed by atoms with Gasteiger partial charge in [0.2, 0.25) is 11.8 Å². The monoisotopic (exact) mass is 357 g/mol. The topological polar surface area (TPSA) is 125 Å². The van der Waals surface area contributed by atoms with Crippen LogP contribution in [-0.4, -0.2) is 39.8 Å². The lowest BCUT2D eigenvalue weighted by atomic mass is 10.1. The molecule has 3 N–H and O–H groups in total.